The molecule has 0 atom stereocenters. The van der Waals surface area contributed by atoms with Gasteiger partial charge in [-0.25, -0.2) is 14.4 Å². The number of methoxy groups -OCH3 is 5. The zero-order valence-corrected chi connectivity index (χ0v) is 55.7. The molecule has 2 aromatic heterocycles. The molecule has 7 rings (SSSR count). The molecule has 0 saturated carbocycles. The van der Waals surface area contributed by atoms with Crippen LogP contribution in [0.2, 0.25) is 6.82 Å². The van der Waals surface area contributed by atoms with E-state index in [4.69, 9.17) is 38.9 Å². The average Bonchev–Trinajstić information content (AvgIpc) is 1.68. The molecule has 537 valence electrons. The van der Waals surface area contributed by atoms with Gasteiger partial charge < -0.3 is 53.6 Å². The Kier molecular flexibility index (Phi) is 34.8. The van der Waals surface area contributed by atoms with Crippen molar-refractivity contribution in [2.75, 3.05) is 65.0 Å². The molecule has 98 heavy (non-hydrogen) atoms. The molecule has 2 amide bonds. The number of alkyl halides is 12. The first kappa shape index (κ1) is 86.4. The van der Waals surface area contributed by atoms with Crippen LogP contribution in [-0.4, -0.2) is 127 Å². The zero-order valence-electron chi connectivity index (χ0n) is 55.7. The van der Waals surface area contributed by atoms with Crippen LogP contribution in [0, 0.1) is 13.8 Å². The van der Waals surface area contributed by atoms with Crippen LogP contribution >= 0.6 is 0 Å². The summed E-state index contributed by atoms with van der Waals surface area (Å²) in [6.07, 6.45) is -20.7. The van der Waals surface area contributed by atoms with Crippen molar-refractivity contribution in [3.63, 3.8) is 0 Å². The number of amides is 2. The molecule has 0 aliphatic carbocycles. The number of carbonyl (C=O) groups excluding carboxylic acids is 5. The van der Waals surface area contributed by atoms with Crippen LogP contribution in [0.3, 0.4) is 0 Å². The number of H-pyrrole nitrogens is 2. The Morgan fingerprint density at radius 1 is 0.571 bits per heavy atom. The van der Waals surface area contributed by atoms with Crippen LogP contribution in [0.4, 0.5) is 79.3 Å². The standard InChI is InChI=1S/C15H18F3NO4.C13H19NO3.C11H8F3NO2.C10H8F3NO.C8H11NO.C4H5F3O2.C2H5B2O3/c1-14(2,3)23-13(21)19-11-6-5-10(22-4)7-9(11)8-12(20)15(16,17)18;1-9-8-10(16-5)6-7-11(9)14-12(15)17-13(2,3)4;1-17-6-2-3-9-7(4-6)8(5-16)10(15-9)11(12,13)14;1-15-7-2-3-8-6(4-7)5-9(14-8)10(11,12)13;1-6-5-7(10-2)3-4-8(6)9;1-2-9-3(8)4(5,6)7;1-3-7-6-2-4-5/h5-7H,8H2,1-4H3,(H,19,21);6-8H,1-5H3,(H,14,15);2-5,15H,1H3;2-5,14H,1H3;3-5H,9H2,1-2H3;2H2,1H3;2H2,1H3. The second kappa shape index (κ2) is 39.5. The number of rotatable bonds is 15. The number of ether oxygens (including phenoxy) is 8. The van der Waals surface area contributed by atoms with E-state index in [0.717, 1.165) is 40.1 Å². The van der Waals surface area contributed by atoms with Crippen LogP contribution in [0.15, 0.2) is 97.1 Å². The van der Waals surface area contributed by atoms with E-state index < -0.39 is 83.2 Å². The Hall–Kier alpha value is -9.66. The van der Waals surface area contributed by atoms with Crippen LogP contribution in [0.5, 0.6) is 28.7 Å². The number of anilines is 3. The van der Waals surface area contributed by atoms with E-state index in [1.165, 1.54) is 72.1 Å². The fourth-order valence-electron chi connectivity index (χ4n) is 7.15. The molecule has 0 aliphatic heterocycles. The predicted molar refractivity (Wildman–Crippen MR) is 340 cm³/mol. The first-order chi connectivity index (χ1) is 45.3. The number of aryl methyl sites for hydroxylation is 2. The van der Waals surface area contributed by atoms with Crippen molar-refractivity contribution in [2.24, 2.45) is 0 Å². The van der Waals surface area contributed by atoms with Gasteiger partial charge in [-0.05, 0) is 176 Å². The molecule has 21 nitrogen and oxygen atoms in total. The molecule has 1 radical (unpaired) electrons. The number of nitrogens with one attached hydrogen (secondary N) is 4. The van der Waals surface area contributed by atoms with E-state index in [9.17, 15) is 81.4 Å². The fourth-order valence-corrected chi connectivity index (χ4v) is 7.15. The number of benzene rings is 5. The Balaban J connectivity index is 0.000000588. The van der Waals surface area contributed by atoms with Gasteiger partial charge in [0.1, 0.15) is 51.3 Å². The zero-order chi connectivity index (χ0) is 75.2. The number of hydrogen-bond acceptors (Lipinski definition) is 17. The van der Waals surface area contributed by atoms with Crippen LogP contribution in [-0.2, 0) is 57.0 Å². The van der Waals surface area contributed by atoms with Gasteiger partial charge in [-0.3, -0.25) is 20.2 Å². The summed E-state index contributed by atoms with van der Waals surface area (Å²) < 4.78 is 194. The number of aldehydes is 1. The molecule has 7 aromatic rings. The van der Waals surface area contributed by atoms with Crippen molar-refractivity contribution in [2.45, 2.75) is 111 Å². The Bertz CT molecular complexity index is 3700. The number of ketones is 1. The monoisotopic (exact) mass is 1410 g/mol. The predicted octanol–water partition coefficient (Wildman–Crippen LogP) is 15.6. The molecule has 5 aromatic carbocycles. The van der Waals surface area contributed by atoms with Crippen molar-refractivity contribution < 1.29 is 129 Å². The first-order valence-electron chi connectivity index (χ1n) is 28.4. The summed E-state index contributed by atoms with van der Waals surface area (Å²) in [5.74, 6) is -1.24. The van der Waals surface area contributed by atoms with Gasteiger partial charge in [0, 0.05) is 45.3 Å². The molecule has 0 spiro atoms. The molecule has 35 heteroatoms. The van der Waals surface area contributed by atoms with Gasteiger partial charge >= 0.3 is 85.2 Å². The van der Waals surface area contributed by atoms with Gasteiger partial charge in [-0.1, -0.05) is 0 Å². The fraction of sp³-hybridized carbons (Fsp3) is 0.381. The summed E-state index contributed by atoms with van der Waals surface area (Å²) in [5.41, 5.74) is 6.40. The third-order valence-corrected chi connectivity index (χ3v) is 11.5. The average molecular weight is 1410 g/mol. The summed E-state index contributed by atoms with van der Waals surface area (Å²) in [6, 6.07) is 25.2. The van der Waals surface area contributed by atoms with Gasteiger partial charge in [0.25, 0.3) is 0 Å². The van der Waals surface area contributed by atoms with Crippen molar-refractivity contribution in [1.29, 1.82) is 0 Å². The number of aromatic amines is 2. The van der Waals surface area contributed by atoms with Gasteiger partial charge in [0.2, 0.25) is 5.78 Å². The number of esters is 1. The summed E-state index contributed by atoms with van der Waals surface area (Å²) in [4.78, 5) is 67.9. The quantitative estimate of drug-likeness (QED) is 0.00734. The van der Waals surface area contributed by atoms with E-state index in [2.05, 4.69) is 35.0 Å². The number of aromatic nitrogens is 2. The second-order valence-corrected chi connectivity index (χ2v) is 21.4. The van der Waals surface area contributed by atoms with Crippen LogP contribution in [0.25, 0.3) is 21.8 Å². The van der Waals surface area contributed by atoms with Crippen molar-refractivity contribution >= 4 is 83.7 Å². The van der Waals surface area contributed by atoms with E-state index in [1.807, 2.05) is 58.9 Å². The van der Waals surface area contributed by atoms with E-state index in [0.29, 0.717) is 29.6 Å². The number of halogens is 12. The van der Waals surface area contributed by atoms with Gasteiger partial charge in [-0.15, -0.1) is 0 Å². The minimum atomic E-state index is -4.95. The molecule has 2 heterocycles. The molecule has 0 unspecified atom stereocenters. The van der Waals surface area contributed by atoms with E-state index in [1.54, 1.807) is 72.1 Å². The summed E-state index contributed by atoms with van der Waals surface area (Å²) in [5, 5.41) is 5.73. The Labute approximate surface area is 557 Å². The Morgan fingerprint density at radius 3 is 1.45 bits per heavy atom. The summed E-state index contributed by atoms with van der Waals surface area (Å²) >= 11 is 0. The second-order valence-electron chi connectivity index (χ2n) is 21.4. The normalized spacial score (nSPS) is 11.1. The summed E-state index contributed by atoms with van der Waals surface area (Å²) in [6.45, 7) is 17.0. The molecular formula is C63H74B2F12N5O16. The van der Waals surface area contributed by atoms with E-state index in [-0.39, 0.29) is 47.3 Å². The maximum atomic E-state index is 12.6. The molecule has 0 bridgehead atoms. The number of nitrogens with two attached hydrogens (primary N) is 1. The minimum absolute atomic E-state index is 0.00958. The first-order valence-corrected chi connectivity index (χ1v) is 28.4. The van der Waals surface area contributed by atoms with Crippen molar-refractivity contribution in [1.82, 2.24) is 9.97 Å². The third-order valence-electron chi connectivity index (χ3n) is 11.5. The van der Waals surface area contributed by atoms with Crippen LogP contribution < -0.4 is 40.1 Å². The molecule has 0 saturated heterocycles. The molecule has 0 aliphatic rings. The van der Waals surface area contributed by atoms with Crippen LogP contribution in [0.1, 0.15) is 86.9 Å². The number of nitrogen functional groups attached to an aromatic ring is 1. The topological polar surface area (TPSA) is 276 Å². The van der Waals surface area contributed by atoms with Gasteiger partial charge in [0.15, 0.2) is 6.29 Å². The number of hydrogen-bond donors (Lipinski definition) is 5. The SMILES string of the molecule is CCOC(=O)C(F)(F)F.COc1ccc(N)c(C)c1.COc1ccc(NC(=O)OC(C)(C)C)c(C)c1.COc1ccc(NC(=O)OC(C)(C)C)c(CC(=O)C(F)(F)F)c1.COc1ccc2[nH]c(C(F)(F)F)c(C=O)c2c1.COc1ccc2[nH]c(C(F)(F)F)cc2c1.C[B]OOCB=O. The molecule has 0 fully saturated rings. The van der Waals surface area contributed by atoms with Crippen molar-refractivity contribution in [3.05, 3.63) is 131 Å². The third kappa shape index (κ3) is 31.9. The maximum absolute atomic E-state index is 12.6. The number of carbonyl (C=O) groups is 5. The van der Waals surface area contributed by atoms with E-state index >= 15 is 0 Å². The van der Waals surface area contributed by atoms with Gasteiger partial charge in [0.05, 0.1) is 47.7 Å². The number of Topliss-reactive ketones (excluding diaryl/α,β-unsaturated/α-hetero) is 1. The molecular weight excluding hydrogens is 1330 g/mol. The number of fused-ring (bicyclic) bond motifs is 2. The van der Waals surface area contributed by atoms with Crippen molar-refractivity contribution in [3.8, 4) is 28.7 Å². The van der Waals surface area contributed by atoms with Gasteiger partial charge in [-0.2, -0.15) is 52.7 Å². The molecule has 6 N–H and O–H groups in total. The summed E-state index contributed by atoms with van der Waals surface area (Å²) in [7, 11) is 9.43. The Morgan fingerprint density at radius 2 is 1.03 bits per heavy atom.